The van der Waals surface area contributed by atoms with E-state index in [1.165, 1.54) is 16.8 Å². The van der Waals surface area contributed by atoms with Crippen molar-refractivity contribution < 1.29 is 14.7 Å². The summed E-state index contributed by atoms with van der Waals surface area (Å²) in [6, 6.07) is 12.9. The number of carbonyl (C=O) groups excluding carboxylic acids is 2. The van der Waals surface area contributed by atoms with E-state index in [1.54, 1.807) is 36.4 Å². The summed E-state index contributed by atoms with van der Waals surface area (Å²) < 4.78 is 1.28. The third-order valence-corrected chi connectivity index (χ3v) is 3.59. The van der Waals surface area contributed by atoms with Gasteiger partial charge in [-0.2, -0.15) is 0 Å². The number of hydrogen-bond acceptors (Lipinski definition) is 5. The number of rotatable bonds is 1. The van der Waals surface area contributed by atoms with Crippen molar-refractivity contribution >= 4 is 11.6 Å². The van der Waals surface area contributed by atoms with Gasteiger partial charge in [0, 0.05) is 17.2 Å². The van der Waals surface area contributed by atoms with Crippen LogP contribution in [-0.4, -0.2) is 31.7 Å². The van der Waals surface area contributed by atoms with Crippen LogP contribution in [0.25, 0.3) is 5.69 Å². The zero-order chi connectivity index (χ0) is 15.3. The molecular weight excluding hydrogens is 282 g/mol. The minimum absolute atomic E-state index is 0.0343. The molecular formula is C16H9N3O3. The molecule has 0 unspecified atom stereocenters. The Bertz CT molecular complexity index is 943. The topological polar surface area (TPSA) is 85.1 Å². The molecule has 1 aliphatic carbocycles. The fraction of sp³-hybridized carbons (Fsp3) is 0. The van der Waals surface area contributed by atoms with Crippen LogP contribution >= 0.6 is 0 Å². The van der Waals surface area contributed by atoms with E-state index in [9.17, 15) is 14.7 Å². The van der Waals surface area contributed by atoms with Crippen molar-refractivity contribution in [3.63, 3.8) is 0 Å². The maximum Gasteiger partial charge on any atom is 0.216 e. The predicted molar refractivity (Wildman–Crippen MR) is 76.3 cm³/mol. The number of hydrogen-bond donors (Lipinski definition) is 1. The normalized spacial score (nSPS) is 12.9. The fourth-order valence-corrected chi connectivity index (χ4v) is 2.58. The number of carbonyl (C=O) groups is 2. The first-order chi connectivity index (χ1) is 10.7. The SMILES string of the molecule is O=C1c2ccccc2C(=O)c2c1nnn2-c1cccc(O)c1. The molecule has 6 heteroatoms. The lowest BCUT2D eigenvalue weighted by atomic mass is 9.90. The maximum atomic E-state index is 12.7. The summed E-state index contributed by atoms with van der Waals surface area (Å²) in [5, 5.41) is 17.3. The van der Waals surface area contributed by atoms with Crippen molar-refractivity contribution in [2.24, 2.45) is 0 Å². The average molecular weight is 291 g/mol. The molecule has 0 atom stereocenters. The molecule has 0 aliphatic heterocycles. The van der Waals surface area contributed by atoms with Crippen LogP contribution in [0.2, 0.25) is 0 Å². The molecule has 6 nitrogen and oxygen atoms in total. The summed E-state index contributed by atoms with van der Waals surface area (Å²) in [5.41, 5.74) is 1.29. The standard InChI is InChI=1S/C16H9N3O3/c20-10-5-3-4-9(8-10)19-14-13(17-18-19)15(21)11-6-1-2-7-12(11)16(14)22/h1-8,20H. The van der Waals surface area contributed by atoms with Gasteiger partial charge in [0.25, 0.3) is 0 Å². The highest BCUT2D eigenvalue weighted by atomic mass is 16.3. The molecule has 0 amide bonds. The lowest BCUT2D eigenvalue weighted by Gasteiger charge is -2.14. The Labute approximate surface area is 124 Å². The molecule has 1 N–H and O–H groups in total. The maximum absolute atomic E-state index is 12.7. The van der Waals surface area contributed by atoms with Gasteiger partial charge in [-0.3, -0.25) is 9.59 Å². The Hall–Kier alpha value is -3.28. The van der Waals surface area contributed by atoms with Gasteiger partial charge >= 0.3 is 0 Å². The molecule has 1 aromatic heterocycles. The van der Waals surface area contributed by atoms with Gasteiger partial charge in [-0.25, -0.2) is 4.68 Å². The van der Waals surface area contributed by atoms with E-state index in [2.05, 4.69) is 10.3 Å². The number of aromatic hydroxyl groups is 1. The Morgan fingerprint density at radius 1 is 0.909 bits per heavy atom. The van der Waals surface area contributed by atoms with Crippen LogP contribution in [-0.2, 0) is 0 Å². The molecule has 1 heterocycles. The van der Waals surface area contributed by atoms with Gasteiger partial charge < -0.3 is 5.11 Å². The highest BCUT2D eigenvalue weighted by Gasteiger charge is 2.35. The zero-order valence-electron chi connectivity index (χ0n) is 11.2. The Balaban J connectivity index is 1.97. The number of phenols is 1. The molecule has 2 aromatic carbocycles. The minimum atomic E-state index is -0.323. The molecule has 0 radical (unpaired) electrons. The van der Waals surface area contributed by atoms with Gasteiger partial charge in [0.05, 0.1) is 5.69 Å². The third kappa shape index (κ3) is 1.61. The smallest absolute Gasteiger partial charge is 0.216 e. The molecule has 0 saturated heterocycles. The van der Waals surface area contributed by atoms with Crippen molar-refractivity contribution in [1.29, 1.82) is 0 Å². The zero-order valence-corrected chi connectivity index (χ0v) is 11.2. The minimum Gasteiger partial charge on any atom is -0.508 e. The van der Waals surface area contributed by atoms with Gasteiger partial charge in [-0.1, -0.05) is 35.5 Å². The van der Waals surface area contributed by atoms with E-state index in [-0.39, 0.29) is 28.7 Å². The third-order valence-electron chi connectivity index (χ3n) is 3.59. The Morgan fingerprint density at radius 2 is 1.64 bits per heavy atom. The van der Waals surface area contributed by atoms with Crippen LogP contribution in [0.1, 0.15) is 32.1 Å². The van der Waals surface area contributed by atoms with E-state index >= 15 is 0 Å². The number of phenolic OH excluding ortho intramolecular Hbond substituents is 1. The largest absolute Gasteiger partial charge is 0.508 e. The first-order valence-electron chi connectivity index (χ1n) is 6.60. The molecule has 0 spiro atoms. The van der Waals surface area contributed by atoms with E-state index in [0.717, 1.165) is 0 Å². The van der Waals surface area contributed by atoms with E-state index in [0.29, 0.717) is 16.8 Å². The van der Waals surface area contributed by atoms with Crippen molar-refractivity contribution in [2.45, 2.75) is 0 Å². The first-order valence-corrected chi connectivity index (χ1v) is 6.60. The average Bonchev–Trinajstić information content (AvgIpc) is 2.98. The van der Waals surface area contributed by atoms with Crippen molar-refractivity contribution in [3.05, 3.63) is 71.0 Å². The van der Waals surface area contributed by atoms with Crippen molar-refractivity contribution in [3.8, 4) is 11.4 Å². The predicted octanol–water partition coefficient (Wildman–Crippen LogP) is 1.75. The van der Waals surface area contributed by atoms with Crippen LogP contribution in [0, 0.1) is 0 Å². The lowest BCUT2D eigenvalue weighted by Crippen LogP contribution is -2.22. The highest BCUT2D eigenvalue weighted by Crippen LogP contribution is 2.27. The molecule has 106 valence electrons. The Kier molecular flexibility index (Phi) is 2.47. The van der Waals surface area contributed by atoms with Crippen LogP contribution in [0.5, 0.6) is 5.75 Å². The molecule has 0 fully saturated rings. The number of nitrogens with zero attached hydrogens (tertiary/aromatic N) is 3. The lowest BCUT2D eigenvalue weighted by molar-refractivity contribution is 0.0972. The molecule has 4 rings (SSSR count). The van der Waals surface area contributed by atoms with Gasteiger partial charge in [-0.05, 0) is 12.1 Å². The quantitative estimate of drug-likeness (QED) is 0.577. The molecule has 3 aromatic rings. The second kappa shape index (κ2) is 4.36. The molecule has 0 bridgehead atoms. The van der Waals surface area contributed by atoms with Crippen LogP contribution in [0.3, 0.4) is 0 Å². The van der Waals surface area contributed by atoms with Crippen LogP contribution < -0.4 is 0 Å². The van der Waals surface area contributed by atoms with E-state index < -0.39 is 0 Å². The van der Waals surface area contributed by atoms with Gasteiger partial charge in [0.2, 0.25) is 11.6 Å². The fourth-order valence-electron chi connectivity index (χ4n) is 2.58. The van der Waals surface area contributed by atoms with Gasteiger partial charge in [-0.15, -0.1) is 5.10 Å². The Morgan fingerprint density at radius 3 is 2.36 bits per heavy atom. The molecule has 0 saturated carbocycles. The monoisotopic (exact) mass is 291 g/mol. The van der Waals surface area contributed by atoms with E-state index in [4.69, 9.17) is 0 Å². The number of aromatic nitrogens is 3. The summed E-state index contributed by atoms with van der Waals surface area (Å²) in [4.78, 5) is 25.1. The number of ketones is 2. The molecule has 22 heavy (non-hydrogen) atoms. The first kappa shape index (κ1) is 12.5. The summed E-state index contributed by atoms with van der Waals surface area (Å²) >= 11 is 0. The highest BCUT2D eigenvalue weighted by molar-refractivity contribution is 6.27. The van der Waals surface area contributed by atoms with Gasteiger partial charge in [0.1, 0.15) is 11.4 Å². The second-order valence-corrected chi connectivity index (χ2v) is 4.92. The van der Waals surface area contributed by atoms with Crippen LogP contribution in [0.15, 0.2) is 48.5 Å². The van der Waals surface area contributed by atoms with Crippen LogP contribution in [0.4, 0.5) is 0 Å². The molecule has 1 aliphatic rings. The second-order valence-electron chi connectivity index (χ2n) is 4.92. The van der Waals surface area contributed by atoms with Crippen molar-refractivity contribution in [1.82, 2.24) is 15.0 Å². The number of benzene rings is 2. The van der Waals surface area contributed by atoms with Gasteiger partial charge in [0.15, 0.2) is 5.69 Å². The van der Waals surface area contributed by atoms with E-state index in [1.807, 2.05) is 0 Å². The number of fused-ring (bicyclic) bond motifs is 2. The van der Waals surface area contributed by atoms with Crippen molar-refractivity contribution in [2.75, 3.05) is 0 Å². The summed E-state index contributed by atoms with van der Waals surface area (Å²) in [5.74, 6) is -0.591. The summed E-state index contributed by atoms with van der Waals surface area (Å²) in [6.45, 7) is 0. The summed E-state index contributed by atoms with van der Waals surface area (Å²) in [6.07, 6.45) is 0. The summed E-state index contributed by atoms with van der Waals surface area (Å²) in [7, 11) is 0.